The van der Waals surface area contributed by atoms with Gasteiger partial charge in [-0.2, -0.15) is 13.2 Å². The minimum atomic E-state index is -4.71. The first-order chi connectivity index (χ1) is 11.2. The van der Waals surface area contributed by atoms with Gasteiger partial charge in [-0.05, 0) is 30.3 Å². The second-order valence-corrected chi connectivity index (χ2v) is 5.15. The van der Waals surface area contributed by atoms with Crippen molar-refractivity contribution in [3.8, 4) is 0 Å². The summed E-state index contributed by atoms with van der Waals surface area (Å²) < 4.78 is 39.5. The Balaban J connectivity index is 2.33. The highest BCUT2D eigenvalue weighted by atomic mass is 35.5. The maximum absolute atomic E-state index is 13.2. The molecule has 0 atom stereocenters. The van der Waals surface area contributed by atoms with Crippen molar-refractivity contribution in [3.05, 3.63) is 52.8 Å². The molecule has 0 unspecified atom stereocenters. The Morgan fingerprint density at radius 2 is 1.83 bits per heavy atom. The highest BCUT2D eigenvalue weighted by Crippen LogP contribution is 2.36. The highest BCUT2D eigenvalue weighted by Gasteiger charge is 2.34. The van der Waals surface area contributed by atoms with Crippen molar-refractivity contribution >= 4 is 34.8 Å². The molecule has 5 nitrogen and oxygen atoms in total. The van der Waals surface area contributed by atoms with E-state index in [2.05, 4.69) is 15.6 Å². The fraction of sp³-hybridized carbons (Fsp3) is 0.133. The number of rotatable bonds is 3. The topological polar surface area (TPSA) is 71.1 Å². The summed E-state index contributed by atoms with van der Waals surface area (Å²) in [5, 5.41) is 4.59. The summed E-state index contributed by atoms with van der Waals surface area (Å²) in [6.07, 6.45) is -3.56. The zero-order valence-corrected chi connectivity index (χ0v) is 13.0. The molecule has 0 fully saturated rings. The minimum absolute atomic E-state index is 0.0269. The van der Waals surface area contributed by atoms with Crippen LogP contribution in [0.15, 0.2) is 36.5 Å². The first kappa shape index (κ1) is 17.7. The molecular weight excluding hydrogens is 347 g/mol. The van der Waals surface area contributed by atoms with Crippen LogP contribution in [0.5, 0.6) is 0 Å². The third kappa shape index (κ3) is 4.45. The van der Waals surface area contributed by atoms with E-state index in [1.807, 2.05) is 0 Å². The van der Waals surface area contributed by atoms with E-state index in [0.29, 0.717) is 0 Å². The van der Waals surface area contributed by atoms with Gasteiger partial charge in [-0.25, -0.2) is 4.98 Å². The molecular formula is C15H11ClF3N3O2. The maximum Gasteiger partial charge on any atom is 0.418 e. The van der Waals surface area contributed by atoms with Crippen molar-refractivity contribution in [3.63, 3.8) is 0 Å². The molecule has 2 N–H and O–H groups in total. The van der Waals surface area contributed by atoms with Crippen molar-refractivity contribution < 1.29 is 22.8 Å². The molecule has 1 aromatic heterocycles. The lowest BCUT2D eigenvalue weighted by Gasteiger charge is -2.15. The molecule has 1 heterocycles. The molecule has 24 heavy (non-hydrogen) atoms. The second kappa shape index (κ2) is 6.88. The van der Waals surface area contributed by atoms with Gasteiger partial charge in [0.15, 0.2) is 0 Å². The molecule has 0 bridgehead atoms. The Morgan fingerprint density at radius 1 is 1.12 bits per heavy atom. The van der Waals surface area contributed by atoms with E-state index in [4.69, 9.17) is 11.6 Å². The largest absolute Gasteiger partial charge is 0.418 e. The lowest BCUT2D eigenvalue weighted by molar-refractivity contribution is -0.137. The Kier molecular flexibility index (Phi) is 5.08. The van der Waals surface area contributed by atoms with Crippen LogP contribution < -0.4 is 10.6 Å². The number of nitrogens with one attached hydrogen (secondary N) is 2. The number of aromatic nitrogens is 1. The molecule has 0 saturated carbocycles. The molecule has 126 valence electrons. The first-order valence-electron chi connectivity index (χ1n) is 6.58. The van der Waals surface area contributed by atoms with E-state index in [-0.39, 0.29) is 16.4 Å². The number of pyridine rings is 1. The molecule has 0 spiro atoms. The number of amides is 2. The fourth-order valence-electron chi connectivity index (χ4n) is 1.87. The van der Waals surface area contributed by atoms with E-state index >= 15 is 0 Å². The number of halogens is 4. The summed E-state index contributed by atoms with van der Waals surface area (Å²) >= 11 is 5.59. The van der Waals surface area contributed by atoms with Crippen molar-refractivity contribution in [1.82, 2.24) is 4.98 Å². The zero-order chi connectivity index (χ0) is 17.9. The van der Waals surface area contributed by atoms with Crippen LogP contribution in [-0.2, 0) is 11.0 Å². The van der Waals surface area contributed by atoms with E-state index in [1.165, 1.54) is 25.1 Å². The van der Waals surface area contributed by atoms with Crippen LogP contribution in [0.2, 0.25) is 5.15 Å². The van der Waals surface area contributed by atoms with Gasteiger partial charge in [-0.3, -0.25) is 9.59 Å². The summed E-state index contributed by atoms with van der Waals surface area (Å²) in [7, 11) is 0. The maximum atomic E-state index is 13.2. The lowest BCUT2D eigenvalue weighted by Crippen LogP contribution is -2.17. The highest BCUT2D eigenvalue weighted by molar-refractivity contribution is 6.29. The summed E-state index contributed by atoms with van der Waals surface area (Å²) in [5.41, 5.74) is -1.49. The third-order valence-corrected chi connectivity index (χ3v) is 3.11. The number of alkyl halides is 3. The van der Waals surface area contributed by atoms with Crippen LogP contribution in [0.4, 0.5) is 24.5 Å². The van der Waals surface area contributed by atoms with Crippen LogP contribution in [0.1, 0.15) is 22.8 Å². The van der Waals surface area contributed by atoms with Crippen molar-refractivity contribution in [2.75, 3.05) is 10.6 Å². The summed E-state index contributed by atoms with van der Waals surface area (Å²) in [6, 6.07) is 5.75. The van der Waals surface area contributed by atoms with Gasteiger partial charge in [0.05, 0.1) is 16.8 Å². The SMILES string of the molecule is CC(=O)Nc1ccc(NC(=O)c2ccc(Cl)nc2)c(C(F)(F)F)c1. The Labute approximate surface area is 139 Å². The van der Waals surface area contributed by atoms with Crippen LogP contribution in [0.3, 0.4) is 0 Å². The molecule has 0 aliphatic rings. The van der Waals surface area contributed by atoms with E-state index < -0.39 is 29.2 Å². The van der Waals surface area contributed by atoms with Crippen molar-refractivity contribution in [2.24, 2.45) is 0 Å². The van der Waals surface area contributed by atoms with E-state index in [9.17, 15) is 22.8 Å². The molecule has 0 aliphatic carbocycles. The Hall–Kier alpha value is -2.61. The molecule has 9 heteroatoms. The van der Waals surface area contributed by atoms with Crippen LogP contribution in [0, 0.1) is 0 Å². The zero-order valence-electron chi connectivity index (χ0n) is 12.2. The van der Waals surface area contributed by atoms with Gasteiger partial charge in [-0.15, -0.1) is 0 Å². The molecule has 1 aromatic carbocycles. The van der Waals surface area contributed by atoms with Gasteiger partial charge < -0.3 is 10.6 Å². The summed E-state index contributed by atoms with van der Waals surface area (Å²) in [6.45, 7) is 1.18. The normalized spacial score (nSPS) is 11.0. The number of hydrogen-bond acceptors (Lipinski definition) is 3. The fourth-order valence-corrected chi connectivity index (χ4v) is 1.99. The number of anilines is 2. The molecule has 0 radical (unpaired) electrons. The predicted molar refractivity (Wildman–Crippen MR) is 82.9 cm³/mol. The van der Waals surface area contributed by atoms with Gasteiger partial charge in [0.2, 0.25) is 5.91 Å². The lowest BCUT2D eigenvalue weighted by atomic mass is 10.1. The predicted octanol–water partition coefficient (Wildman–Crippen LogP) is 3.96. The van der Waals surface area contributed by atoms with Crippen molar-refractivity contribution in [1.29, 1.82) is 0 Å². The number of carbonyl (C=O) groups is 2. The smallest absolute Gasteiger partial charge is 0.326 e. The summed E-state index contributed by atoms with van der Waals surface area (Å²) in [4.78, 5) is 26.7. The van der Waals surface area contributed by atoms with Gasteiger partial charge in [0.25, 0.3) is 5.91 Å². The number of hydrogen-bond donors (Lipinski definition) is 2. The van der Waals surface area contributed by atoms with Gasteiger partial charge >= 0.3 is 6.18 Å². The van der Waals surface area contributed by atoms with Crippen LogP contribution in [0.25, 0.3) is 0 Å². The Morgan fingerprint density at radius 3 is 2.38 bits per heavy atom. The number of nitrogens with zero attached hydrogens (tertiary/aromatic N) is 1. The number of carbonyl (C=O) groups excluding carboxylic acids is 2. The van der Waals surface area contributed by atoms with Gasteiger partial charge in [-0.1, -0.05) is 11.6 Å². The molecule has 2 rings (SSSR count). The first-order valence-corrected chi connectivity index (χ1v) is 6.96. The molecule has 0 saturated heterocycles. The van der Waals surface area contributed by atoms with E-state index in [1.54, 1.807) is 0 Å². The summed E-state index contributed by atoms with van der Waals surface area (Å²) in [5.74, 6) is -1.27. The van der Waals surface area contributed by atoms with Crippen LogP contribution in [-0.4, -0.2) is 16.8 Å². The molecule has 2 aromatic rings. The minimum Gasteiger partial charge on any atom is -0.326 e. The average molecular weight is 358 g/mol. The van der Waals surface area contributed by atoms with Crippen molar-refractivity contribution in [2.45, 2.75) is 13.1 Å². The Bertz CT molecular complexity index is 777. The number of benzene rings is 1. The quantitative estimate of drug-likeness (QED) is 0.817. The van der Waals surface area contributed by atoms with Gasteiger partial charge in [0, 0.05) is 18.8 Å². The second-order valence-electron chi connectivity index (χ2n) is 4.76. The average Bonchev–Trinajstić information content (AvgIpc) is 2.47. The molecule has 2 amide bonds. The van der Waals surface area contributed by atoms with Gasteiger partial charge in [0.1, 0.15) is 5.15 Å². The molecule has 0 aliphatic heterocycles. The third-order valence-electron chi connectivity index (χ3n) is 2.88. The monoisotopic (exact) mass is 357 g/mol. The van der Waals surface area contributed by atoms with Crippen LogP contribution >= 0.6 is 11.6 Å². The standard InChI is InChI=1S/C15H11ClF3N3O2/c1-8(23)21-10-3-4-12(11(6-10)15(17,18)19)22-14(24)9-2-5-13(16)20-7-9/h2-7H,1H3,(H,21,23)(H,22,24). The van der Waals surface area contributed by atoms with E-state index in [0.717, 1.165) is 18.3 Å².